The monoisotopic (exact) mass is 299 g/mol. The van der Waals surface area contributed by atoms with E-state index in [2.05, 4.69) is 5.32 Å². The van der Waals surface area contributed by atoms with Gasteiger partial charge in [0.1, 0.15) is 0 Å². The average molecular weight is 299 g/mol. The van der Waals surface area contributed by atoms with Crippen LogP contribution in [0.4, 0.5) is 13.2 Å². The van der Waals surface area contributed by atoms with Gasteiger partial charge in [-0.3, -0.25) is 4.79 Å². The first-order chi connectivity index (χ1) is 9.98. The zero-order valence-corrected chi connectivity index (χ0v) is 11.9. The van der Waals surface area contributed by atoms with E-state index in [1.165, 1.54) is 24.6 Å². The number of hydrogen-bond acceptors (Lipinski definition) is 1. The summed E-state index contributed by atoms with van der Waals surface area (Å²) in [6, 6.07) is 4.94. The number of alkyl halides is 3. The molecule has 1 saturated carbocycles. The molecule has 2 nitrogen and oxygen atoms in total. The van der Waals surface area contributed by atoms with Crippen molar-refractivity contribution in [3.05, 3.63) is 35.4 Å². The number of rotatable bonds is 2. The van der Waals surface area contributed by atoms with E-state index in [4.69, 9.17) is 0 Å². The Morgan fingerprint density at radius 2 is 1.57 bits per heavy atom. The highest BCUT2D eigenvalue weighted by atomic mass is 19.4. The fourth-order valence-electron chi connectivity index (χ4n) is 2.79. The first-order valence-corrected chi connectivity index (χ1v) is 7.45. The Hall–Kier alpha value is -1.52. The topological polar surface area (TPSA) is 29.1 Å². The lowest BCUT2D eigenvalue weighted by molar-refractivity contribution is -0.137. The molecule has 5 heteroatoms. The van der Waals surface area contributed by atoms with Crippen LogP contribution in [0.1, 0.15) is 60.9 Å². The molecule has 0 heterocycles. The molecule has 0 radical (unpaired) electrons. The number of benzene rings is 1. The fourth-order valence-corrected chi connectivity index (χ4v) is 2.79. The Labute approximate surface area is 122 Å². The maximum atomic E-state index is 12.9. The van der Waals surface area contributed by atoms with E-state index in [0.29, 0.717) is 0 Å². The van der Waals surface area contributed by atoms with Crippen LogP contribution >= 0.6 is 0 Å². The van der Waals surface area contributed by atoms with E-state index in [9.17, 15) is 18.0 Å². The van der Waals surface area contributed by atoms with E-state index in [1.807, 2.05) is 0 Å². The lowest BCUT2D eigenvalue weighted by Gasteiger charge is -2.22. The first-order valence-electron chi connectivity index (χ1n) is 7.45. The molecule has 1 N–H and O–H groups in total. The van der Waals surface area contributed by atoms with E-state index >= 15 is 0 Å². The molecule has 0 unspecified atom stereocenters. The summed E-state index contributed by atoms with van der Waals surface area (Å²) in [4.78, 5) is 12.2. The minimum Gasteiger partial charge on any atom is -0.349 e. The number of carbonyl (C=O) groups excluding carboxylic acids is 1. The van der Waals surface area contributed by atoms with Crippen LogP contribution in [0.2, 0.25) is 0 Å². The van der Waals surface area contributed by atoms with Crippen molar-refractivity contribution in [3.63, 3.8) is 0 Å². The standard InChI is InChI=1S/C16H20F3NO/c17-16(18,19)14-11-7-6-10-13(14)15(21)20-12-8-4-2-1-3-5-9-12/h6-7,10-12H,1-5,8-9H2,(H,20,21). The van der Waals surface area contributed by atoms with Gasteiger partial charge in [0.2, 0.25) is 0 Å². The van der Waals surface area contributed by atoms with Crippen molar-refractivity contribution in [1.29, 1.82) is 0 Å². The van der Waals surface area contributed by atoms with Crippen LogP contribution in [0.15, 0.2) is 24.3 Å². The summed E-state index contributed by atoms with van der Waals surface area (Å²) >= 11 is 0. The van der Waals surface area contributed by atoms with Crippen LogP contribution in [0.5, 0.6) is 0 Å². The summed E-state index contributed by atoms with van der Waals surface area (Å²) in [5.74, 6) is -0.617. The Kier molecular flexibility index (Phi) is 5.26. The second kappa shape index (κ2) is 6.96. The minimum absolute atomic E-state index is 0.0147. The minimum atomic E-state index is -4.51. The molecule has 1 aromatic rings. The number of hydrogen-bond donors (Lipinski definition) is 1. The van der Waals surface area contributed by atoms with Gasteiger partial charge >= 0.3 is 6.18 Å². The third-order valence-electron chi connectivity index (χ3n) is 3.92. The molecule has 0 aromatic heterocycles. The van der Waals surface area contributed by atoms with Crippen LogP contribution in [0, 0.1) is 0 Å². The number of carbonyl (C=O) groups is 1. The van der Waals surface area contributed by atoms with Gasteiger partial charge in [0.15, 0.2) is 0 Å². The maximum Gasteiger partial charge on any atom is 0.417 e. The smallest absolute Gasteiger partial charge is 0.349 e. The van der Waals surface area contributed by atoms with Crippen LogP contribution in [-0.4, -0.2) is 11.9 Å². The largest absolute Gasteiger partial charge is 0.417 e. The third-order valence-corrected chi connectivity index (χ3v) is 3.92. The molecule has 1 amide bonds. The first kappa shape index (κ1) is 15.9. The molecule has 116 valence electrons. The van der Waals surface area contributed by atoms with E-state index in [0.717, 1.165) is 44.6 Å². The van der Waals surface area contributed by atoms with Crippen LogP contribution in [0.25, 0.3) is 0 Å². The predicted octanol–water partition coefficient (Wildman–Crippen LogP) is 4.55. The fraction of sp³-hybridized carbons (Fsp3) is 0.562. The molecule has 0 bridgehead atoms. The summed E-state index contributed by atoms with van der Waals surface area (Å²) in [5.41, 5.74) is -1.15. The van der Waals surface area contributed by atoms with E-state index < -0.39 is 17.6 Å². The van der Waals surface area contributed by atoms with Gasteiger partial charge in [0, 0.05) is 6.04 Å². The molecule has 0 aliphatic heterocycles. The number of halogens is 3. The summed E-state index contributed by atoms with van der Waals surface area (Å²) < 4.78 is 38.8. The maximum absolute atomic E-state index is 12.9. The lowest BCUT2D eigenvalue weighted by atomic mass is 9.96. The molecule has 0 saturated heterocycles. The van der Waals surface area contributed by atoms with Crippen molar-refractivity contribution in [2.45, 2.75) is 57.2 Å². The molecule has 0 spiro atoms. The van der Waals surface area contributed by atoms with Gasteiger partial charge in [-0.2, -0.15) is 13.2 Å². The van der Waals surface area contributed by atoms with Gasteiger partial charge in [0.05, 0.1) is 11.1 Å². The van der Waals surface area contributed by atoms with Gasteiger partial charge in [-0.05, 0) is 25.0 Å². The number of nitrogens with one attached hydrogen (secondary N) is 1. The summed E-state index contributed by atoms with van der Waals surface area (Å²) in [7, 11) is 0. The molecule has 1 aliphatic rings. The van der Waals surface area contributed by atoms with Gasteiger partial charge in [-0.1, -0.05) is 44.2 Å². The zero-order valence-electron chi connectivity index (χ0n) is 11.9. The van der Waals surface area contributed by atoms with Crippen LogP contribution in [-0.2, 0) is 6.18 Å². The highest BCUT2D eigenvalue weighted by Crippen LogP contribution is 2.32. The number of amides is 1. The Balaban J connectivity index is 2.09. The molecule has 21 heavy (non-hydrogen) atoms. The molecule has 1 aromatic carbocycles. The van der Waals surface area contributed by atoms with Crippen LogP contribution < -0.4 is 5.32 Å². The van der Waals surface area contributed by atoms with Gasteiger partial charge < -0.3 is 5.32 Å². The van der Waals surface area contributed by atoms with Crippen molar-refractivity contribution < 1.29 is 18.0 Å². The van der Waals surface area contributed by atoms with Crippen LogP contribution in [0.3, 0.4) is 0 Å². The molecule has 1 fully saturated rings. The highest BCUT2D eigenvalue weighted by Gasteiger charge is 2.35. The molecule has 2 rings (SSSR count). The van der Waals surface area contributed by atoms with Gasteiger partial charge in [-0.25, -0.2) is 0 Å². The predicted molar refractivity (Wildman–Crippen MR) is 75.0 cm³/mol. The zero-order chi connectivity index (χ0) is 15.3. The highest BCUT2D eigenvalue weighted by molar-refractivity contribution is 5.96. The van der Waals surface area contributed by atoms with Gasteiger partial charge in [-0.15, -0.1) is 0 Å². The lowest BCUT2D eigenvalue weighted by Crippen LogP contribution is -2.36. The van der Waals surface area contributed by atoms with Crippen molar-refractivity contribution in [2.24, 2.45) is 0 Å². The summed E-state index contributed by atoms with van der Waals surface area (Å²) in [6.07, 6.45) is 2.70. The van der Waals surface area contributed by atoms with E-state index in [-0.39, 0.29) is 11.6 Å². The molecule has 0 atom stereocenters. The molecular formula is C16H20F3NO. The second-order valence-electron chi connectivity index (χ2n) is 5.56. The average Bonchev–Trinajstić information content (AvgIpc) is 2.40. The summed E-state index contributed by atoms with van der Waals surface area (Å²) in [6.45, 7) is 0. The van der Waals surface area contributed by atoms with Gasteiger partial charge in [0.25, 0.3) is 5.91 Å². The van der Waals surface area contributed by atoms with Crippen molar-refractivity contribution in [2.75, 3.05) is 0 Å². The molecule has 1 aliphatic carbocycles. The SMILES string of the molecule is O=C(NC1CCCCCCC1)c1ccccc1C(F)(F)F. The second-order valence-corrected chi connectivity index (χ2v) is 5.56. The van der Waals surface area contributed by atoms with Crippen molar-refractivity contribution in [3.8, 4) is 0 Å². The van der Waals surface area contributed by atoms with Crippen molar-refractivity contribution >= 4 is 5.91 Å². The summed E-state index contributed by atoms with van der Waals surface area (Å²) in [5, 5.41) is 2.78. The normalized spacial score (nSPS) is 17.9. The van der Waals surface area contributed by atoms with Crippen molar-refractivity contribution in [1.82, 2.24) is 5.32 Å². The quantitative estimate of drug-likeness (QED) is 0.853. The van der Waals surface area contributed by atoms with E-state index in [1.54, 1.807) is 0 Å². The molecular weight excluding hydrogens is 279 g/mol. The Bertz CT molecular complexity index is 477. The third kappa shape index (κ3) is 4.48. The Morgan fingerprint density at radius 3 is 2.19 bits per heavy atom. The Morgan fingerprint density at radius 1 is 1.00 bits per heavy atom.